The Morgan fingerprint density at radius 1 is 1.44 bits per heavy atom. The van der Waals surface area contributed by atoms with Crippen molar-refractivity contribution >= 4 is 21.4 Å². The fourth-order valence-corrected chi connectivity index (χ4v) is 5.38. The Morgan fingerprint density at radius 3 is 2.78 bits per heavy atom. The van der Waals surface area contributed by atoms with Crippen LogP contribution in [-0.2, 0) is 16.6 Å². The Labute approximate surface area is 112 Å². The Morgan fingerprint density at radius 2 is 2.17 bits per heavy atom. The predicted molar refractivity (Wildman–Crippen MR) is 72.0 cm³/mol. The molecule has 0 aromatic carbocycles. The summed E-state index contributed by atoms with van der Waals surface area (Å²) >= 11 is 1.19. The van der Waals surface area contributed by atoms with Crippen molar-refractivity contribution in [1.82, 2.24) is 4.31 Å². The lowest BCUT2D eigenvalue weighted by Crippen LogP contribution is -2.44. The van der Waals surface area contributed by atoms with E-state index in [2.05, 4.69) is 6.92 Å². The zero-order chi connectivity index (χ0) is 13.3. The van der Waals surface area contributed by atoms with E-state index in [9.17, 15) is 8.42 Å². The van der Waals surface area contributed by atoms with Gasteiger partial charge in [-0.05, 0) is 42.7 Å². The van der Waals surface area contributed by atoms with Gasteiger partial charge in [-0.1, -0.05) is 6.92 Å². The minimum absolute atomic E-state index is 0.0610. The van der Waals surface area contributed by atoms with Crippen LogP contribution in [0.15, 0.2) is 15.7 Å². The number of rotatable bonds is 3. The van der Waals surface area contributed by atoms with Crippen molar-refractivity contribution < 1.29 is 13.5 Å². The van der Waals surface area contributed by atoms with Crippen molar-refractivity contribution in [3.05, 3.63) is 17.0 Å². The van der Waals surface area contributed by atoms with E-state index in [-0.39, 0.29) is 12.6 Å². The fraction of sp³-hybridized carbons (Fsp3) is 0.667. The average molecular weight is 289 g/mol. The molecule has 102 valence electrons. The van der Waals surface area contributed by atoms with E-state index in [1.54, 1.807) is 15.8 Å². The lowest BCUT2D eigenvalue weighted by Gasteiger charge is -2.35. The van der Waals surface area contributed by atoms with Gasteiger partial charge in [0.15, 0.2) is 0 Å². The number of hydrogen-bond acceptors (Lipinski definition) is 4. The molecule has 2 unspecified atom stereocenters. The van der Waals surface area contributed by atoms with E-state index in [1.807, 2.05) is 6.92 Å². The predicted octanol–water partition coefficient (Wildman–Crippen LogP) is 2.05. The maximum Gasteiger partial charge on any atom is 0.252 e. The number of nitrogens with zero attached hydrogens (tertiary/aromatic N) is 1. The summed E-state index contributed by atoms with van der Waals surface area (Å²) in [4.78, 5) is 0. The van der Waals surface area contributed by atoms with Gasteiger partial charge < -0.3 is 5.11 Å². The zero-order valence-electron chi connectivity index (χ0n) is 10.7. The molecular weight excluding hydrogens is 270 g/mol. The van der Waals surface area contributed by atoms with Gasteiger partial charge in [-0.25, -0.2) is 8.42 Å². The first-order valence-electron chi connectivity index (χ1n) is 6.15. The summed E-state index contributed by atoms with van der Waals surface area (Å²) in [7, 11) is -3.39. The largest absolute Gasteiger partial charge is 0.392 e. The van der Waals surface area contributed by atoms with Gasteiger partial charge in [0.2, 0.25) is 0 Å². The van der Waals surface area contributed by atoms with Gasteiger partial charge in [-0.3, -0.25) is 0 Å². The van der Waals surface area contributed by atoms with Crippen LogP contribution >= 0.6 is 11.3 Å². The maximum absolute atomic E-state index is 12.5. The van der Waals surface area contributed by atoms with Crippen LogP contribution in [0.25, 0.3) is 0 Å². The van der Waals surface area contributed by atoms with Gasteiger partial charge in [-0.15, -0.1) is 11.3 Å². The molecule has 0 radical (unpaired) electrons. The molecular formula is C12H19NO3S2. The Bertz CT molecular complexity index is 509. The fourth-order valence-electron chi connectivity index (χ4n) is 2.27. The van der Waals surface area contributed by atoms with Crippen LogP contribution in [0.3, 0.4) is 0 Å². The van der Waals surface area contributed by atoms with Gasteiger partial charge in [0.1, 0.15) is 4.21 Å². The quantitative estimate of drug-likeness (QED) is 0.926. The number of hydrogen-bond donors (Lipinski definition) is 1. The summed E-state index contributed by atoms with van der Waals surface area (Å²) in [5.74, 6) is 0.410. The molecule has 4 nitrogen and oxygen atoms in total. The molecule has 0 aliphatic carbocycles. The summed E-state index contributed by atoms with van der Waals surface area (Å²) in [6.45, 7) is 4.53. The van der Waals surface area contributed by atoms with Gasteiger partial charge >= 0.3 is 0 Å². The number of aliphatic hydroxyl groups excluding tert-OH is 1. The molecule has 2 rings (SSSR count). The van der Waals surface area contributed by atoms with Gasteiger partial charge in [-0.2, -0.15) is 4.31 Å². The van der Waals surface area contributed by atoms with E-state index < -0.39 is 10.0 Å². The van der Waals surface area contributed by atoms with Crippen molar-refractivity contribution in [2.45, 2.75) is 43.5 Å². The SMILES string of the molecule is CC1CCC(C)N(S(=O)(=O)c2cc(CO)cs2)C1. The average Bonchev–Trinajstić information content (AvgIpc) is 2.81. The molecule has 6 heteroatoms. The minimum Gasteiger partial charge on any atom is -0.392 e. The summed E-state index contributed by atoms with van der Waals surface area (Å²) in [6, 6.07) is 1.64. The summed E-state index contributed by atoms with van der Waals surface area (Å²) in [6.07, 6.45) is 2.00. The van der Waals surface area contributed by atoms with Crippen molar-refractivity contribution in [2.24, 2.45) is 5.92 Å². The molecule has 1 aliphatic heterocycles. The number of thiophene rings is 1. The topological polar surface area (TPSA) is 57.6 Å². The third-order valence-corrected chi connectivity index (χ3v) is 6.88. The number of sulfonamides is 1. The van der Waals surface area contributed by atoms with Crippen molar-refractivity contribution in [1.29, 1.82) is 0 Å². The molecule has 2 atom stereocenters. The minimum atomic E-state index is -3.39. The monoisotopic (exact) mass is 289 g/mol. The Kier molecular flexibility index (Phi) is 4.11. The first-order chi connectivity index (χ1) is 8.45. The first kappa shape index (κ1) is 14.0. The molecule has 1 aromatic rings. The molecule has 1 fully saturated rings. The van der Waals surface area contributed by atoms with E-state index in [0.29, 0.717) is 22.2 Å². The molecule has 18 heavy (non-hydrogen) atoms. The highest BCUT2D eigenvalue weighted by Crippen LogP contribution is 2.30. The second-order valence-electron chi connectivity index (χ2n) is 5.04. The molecule has 0 bridgehead atoms. The Hall–Kier alpha value is -0.430. The van der Waals surface area contributed by atoms with E-state index in [4.69, 9.17) is 5.11 Å². The standard InChI is InChI=1S/C12H19NO3S2/c1-9-3-4-10(2)13(6-9)18(15,16)12-5-11(7-14)8-17-12/h5,8-10,14H,3-4,6-7H2,1-2H3. The van der Waals surface area contributed by atoms with Crippen LogP contribution in [-0.4, -0.2) is 30.4 Å². The molecule has 2 heterocycles. The molecule has 1 N–H and O–H groups in total. The van der Waals surface area contributed by atoms with Crippen LogP contribution in [0.1, 0.15) is 32.3 Å². The molecule has 1 aliphatic rings. The summed E-state index contributed by atoms with van der Waals surface area (Å²) < 4.78 is 27.0. The molecule has 0 saturated carbocycles. The highest BCUT2D eigenvalue weighted by atomic mass is 32.2. The van der Waals surface area contributed by atoms with Gasteiger partial charge in [0.05, 0.1) is 6.61 Å². The molecule has 0 amide bonds. The van der Waals surface area contributed by atoms with Crippen molar-refractivity contribution in [3.8, 4) is 0 Å². The van der Waals surface area contributed by atoms with Gasteiger partial charge in [0, 0.05) is 12.6 Å². The van der Waals surface area contributed by atoms with Crippen LogP contribution in [0.2, 0.25) is 0 Å². The number of aliphatic hydroxyl groups is 1. The van der Waals surface area contributed by atoms with Crippen molar-refractivity contribution in [2.75, 3.05) is 6.54 Å². The Balaban J connectivity index is 2.29. The molecule has 0 spiro atoms. The van der Waals surface area contributed by atoms with E-state index in [0.717, 1.165) is 12.8 Å². The highest BCUT2D eigenvalue weighted by molar-refractivity contribution is 7.91. The van der Waals surface area contributed by atoms with Crippen LogP contribution < -0.4 is 0 Å². The lowest BCUT2D eigenvalue weighted by atomic mass is 9.97. The third-order valence-electron chi connectivity index (χ3n) is 3.44. The van der Waals surface area contributed by atoms with Crippen LogP contribution in [0, 0.1) is 5.92 Å². The second kappa shape index (κ2) is 5.28. The smallest absolute Gasteiger partial charge is 0.252 e. The van der Waals surface area contributed by atoms with Crippen molar-refractivity contribution in [3.63, 3.8) is 0 Å². The molecule has 1 saturated heterocycles. The number of piperidine rings is 1. The lowest BCUT2D eigenvalue weighted by molar-refractivity contribution is 0.218. The van der Waals surface area contributed by atoms with E-state index >= 15 is 0 Å². The molecule has 1 aromatic heterocycles. The summed E-state index contributed by atoms with van der Waals surface area (Å²) in [5, 5.41) is 10.7. The second-order valence-corrected chi connectivity index (χ2v) is 8.07. The van der Waals surface area contributed by atoms with Crippen LogP contribution in [0.4, 0.5) is 0 Å². The zero-order valence-corrected chi connectivity index (χ0v) is 12.3. The summed E-state index contributed by atoms with van der Waals surface area (Å²) in [5.41, 5.74) is 0.663. The van der Waals surface area contributed by atoms with Crippen LogP contribution in [0.5, 0.6) is 0 Å². The third kappa shape index (κ3) is 2.61. The van der Waals surface area contributed by atoms with E-state index in [1.165, 1.54) is 11.3 Å². The first-order valence-corrected chi connectivity index (χ1v) is 8.47. The highest BCUT2D eigenvalue weighted by Gasteiger charge is 2.34. The maximum atomic E-state index is 12.5. The normalized spacial score (nSPS) is 26.4. The van der Waals surface area contributed by atoms with Gasteiger partial charge in [0.25, 0.3) is 10.0 Å².